The van der Waals surface area contributed by atoms with E-state index in [1.54, 1.807) is 6.20 Å². The minimum atomic E-state index is 0.133. The molecule has 0 bridgehead atoms. The van der Waals surface area contributed by atoms with Crippen LogP contribution in [-0.4, -0.2) is 27.6 Å². The molecule has 2 aromatic rings. The fourth-order valence-corrected chi connectivity index (χ4v) is 2.97. The Bertz CT molecular complexity index is 602. The molecule has 0 aliphatic carbocycles. The van der Waals surface area contributed by atoms with Gasteiger partial charge in [0.25, 0.3) is 0 Å². The van der Waals surface area contributed by atoms with Crippen molar-refractivity contribution in [3.8, 4) is 0 Å². The highest BCUT2D eigenvalue weighted by Crippen LogP contribution is 2.19. The summed E-state index contributed by atoms with van der Waals surface area (Å²) in [5.41, 5.74) is 1.15. The van der Waals surface area contributed by atoms with Gasteiger partial charge < -0.3 is 4.90 Å². The highest BCUT2D eigenvalue weighted by molar-refractivity contribution is 9.10. The molecule has 0 radical (unpaired) electrons. The molecule has 0 aliphatic rings. The molecule has 0 atom stereocenters. The highest BCUT2D eigenvalue weighted by atomic mass is 79.9. The van der Waals surface area contributed by atoms with E-state index in [-0.39, 0.29) is 11.9 Å². The number of aromatic nitrogens is 1. The topological polar surface area (TPSA) is 33.2 Å². The minimum absolute atomic E-state index is 0.133. The summed E-state index contributed by atoms with van der Waals surface area (Å²) in [6.45, 7) is 4.73. The maximum atomic E-state index is 12.5. The molecule has 3 nitrogen and oxygen atoms in total. The van der Waals surface area contributed by atoms with Gasteiger partial charge in [-0.1, -0.05) is 42.1 Å². The number of benzene rings is 1. The molecule has 1 aromatic carbocycles. The van der Waals surface area contributed by atoms with Crippen LogP contribution in [0.5, 0.6) is 0 Å². The molecule has 0 spiro atoms. The van der Waals surface area contributed by atoms with Gasteiger partial charge in [0.15, 0.2) is 0 Å². The number of halogens is 1. The van der Waals surface area contributed by atoms with E-state index in [0.29, 0.717) is 12.3 Å². The van der Waals surface area contributed by atoms with Crippen LogP contribution in [0, 0.1) is 0 Å². The Morgan fingerprint density at radius 2 is 1.95 bits per heavy atom. The van der Waals surface area contributed by atoms with Crippen molar-refractivity contribution in [2.24, 2.45) is 0 Å². The fraction of sp³-hybridized carbons (Fsp3) is 0.294. The summed E-state index contributed by atoms with van der Waals surface area (Å²) < 4.78 is 0.941. The van der Waals surface area contributed by atoms with Gasteiger partial charge in [-0.25, -0.2) is 4.98 Å². The molecule has 1 heterocycles. The summed E-state index contributed by atoms with van der Waals surface area (Å²) in [5.74, 6) is 0.535. The number of thioether (sulfide) groups is 1. The number of pyridine rings is 1. The third kappa shape index (κ3) is 5.14. The first-order valence-corrected chi connectivity index (χ1v) is 8.92. The monoisotopic (exact) mass is 378 g/mol. The molecule has 116 valence electrons. The van der Waals surface area contributed by atoms with E-state index in [9.17, 15) is 4.79 Å². The van der Waals surface area contributed by atoms with Crippen LogP contribution in [0.2, 0.25) is 0 Å². The van der Waals surface area contributed by atoms with Crippen molar-refractivity contribution in [1.29, 1.82) is 0 Å². The summed E-state index contributed by atoms with van der Waals surface area (Å²) in [7, 11) is 0. The van der Waals surface area contributed by atoms with E-state index in [4.69, 9.17) is 0 Å². The molecule has 5 heteroatoms. The number of amides is 1. The molecule has 2 rings (SSSR count). The maximum absolute atomic E-state index is 12.5. The SMILES string of the molecule is CC(C)N(Cc1ccccc1)C(=O)CSc1ccc(Br)cn1. The maximum Gasteiger partial charge on any atom is 0.233 e. The normalized spacial score (nSPS) is 10.7. The number of hydrogen-bond donors (Lipinski definition) is 0. The zero-order valence-electron chi connectivity index (χ0n) is 12.7. The standard InChI is InChI=1S/C17H19BrN2OS/c1-13(2)20(11-14-6-4-3-5-7-14)17(21)12-22-16-9-8-15(18)10-19-16/h3-10,13H,11-12H2,1-2H3. The smallest absolute Gasteiger partial charge is 0.233 e. The van der Waals surface area contributed by atoms with Gasteiger partial charge in [0.1, 0.15) is 0 Å². The number of rotatable bonds is 6. The number of carbonyl (C=O) groups excluding carboxylic acids is 1. The van der Waals surface area contributed by atoms with Crippen molar-refractivity contribution < 1.29 is 4.79 Å². The average molecular weight is 379 g/mol. The first-order chi connectivity index (χ1) is 10.6. The summed E-state index contributed by atoms with van der Waals surface area (Å²) in [5, 5.41) is 0.861. The van der Waals surface area contributed by atoms with Gasteiger partial charge in [0.05, 0.1) is 10.8 Å². The third-order valence-corrected chi connectivity index (χ3v) is 4.58. The van der Waals surface area contributed by atoms with Crippen LogP contribution in [0.25, 0.3) is 0 Å². The second-order valence-electron chi connectivity index (χ2n) is 5.20. The Morgan fingerprint density at radius 1 is 1.23 bits per heavy atom. The van der Waals surface area contributed by atoms with Crippen molar-refractivity contribution >= 4 is 33.6 Å². The van der Waals surface area contributed by atoms with Crippen molar-refractivity contribution in [3.63, 3.8) is 0 Å². The van der Waals surface area contributed by atoms with Crippen molar-refractivity contribution in [2.45, 2.75) is 31.5 Å². The lowest BCUT2D eigenvalue weighted by molar-refractivity contribution is -0.130. The van der Waals surface area contributed by atoms with Crippen molar-refractivity contribution in [3.05, 3.63) is 58.7 Å². The molecule has 0 unspecified atom stereocenters. The summed E-state index contributed by atoms with van der Waals surface area (Å²) in [6, 6.07) is 14.1. The third-order valence-electron chi connectivity index (χ3n) is 3.18. The molecule has 22 heavy (non-hydrogen) atoms. The van der Waals surface area contributed by atoms with E-state index < -0.39 is 0 Å². The predicted octanol–water partition coefficient (Wildman–Crippen LogP) is 4.37. The lowest BCUT2D eigenvalue weighted by Crippen LogP contribution is -2.37. The summed E-state index contributed by atoms with van der Waals surface area (Å²) in [6.07, 6.45) is 1.75. The van der Waals surface area contributed by atoms with Gasteiger partial charge in [-0.3, -0.25) is 4.79 Å². The van der Waals surface area contributed by atoms with Crippen LogP contribution < -0.4 is 0 Å². The van der Waals surface area contributed by atoms with E-state index in [1.807, 2.05) is 61.2 Å². The Labute approximate surface area is 144 Å². The van der Waals surface area contributed by atoms with Crippen LogP contribution in [0.15, 0.2) is 58.2 Å². The average Bonchev–Trinajstić information content (AvgIpc) is 2.52. The van der Waals surface area contributed by atoms with E-state index in [1.165, 1.54) is 11.8 Å². The molecular weight excluding hydrogens is 360 g/mol. The predicted molar refractivity (Wildman–Crippen MR) is 94.8 cm³/mol. The van der Waals surface area contributed by atoms with Crippen LogP contribution in [0.1, 0.15) is 19.4 Å². The van der Waals surface area contributed by atoms with Gasteiger partial charge in [0, 0.05) is 23.3 Å². The molecule has 0 fully saturated rings. The van der Waals surface area contributed by atoms with Gasteiger partial charge in [-0.2, -0.15) is 0 Å². The van der Waals surface area contributed by atoms with Crippen molar-refractivity contribution in [2.75, 3.05) is 5.75 Å². The molecule has 0 aliphatic heterocycles. The van der Waals surface area contributed by atoms with Gasteiger partial charge >= 0.3 is 0 Å². The Morgan fingerprint density at radius 3 is 2.55 bits per heavy atom. The van der Waals surface area contributed by atoms with E-state index in [2.05, 4.69) is 20.9 Å². The Hall–Kier alpha value is -1.33. The second-order valence-corrected chi connectivity index (χ2v) is 7.12. The van der Waals surface area contributed by atoms with Crippen LogP contribution in [-0.2, 0) is 11.3 Å². The molecule has 0 N–H and O–H groups in total. The van der Waals surface area contributed by atoms with E-state index >= 15 is 0 Å². The van der Waals surface area contributed by atoms with Gasteiger partial charge in [-0.05, 0) is 47.5 Å². The largest absolute Gasteiger partial charge is 0.335 e. The van der Waals surface area contributed by atoms with Gasteiger partial charge in [0.2, 0.25) is 5.91 Å². The summed E-state index contributed by atoms with van der Waals surface area (Å²) >= 11 is 4.83. The van der Waals surface area contributed by atoms with Crippen LogP contribution in [0.4, 0.5) is 0 Å². The zero-order chi connectivity index (χ0) is 15.9. The zero-order valence-corrected chi connectivity index (χ0v) is 15.1. The summed E-state index contributed by atoms with van der Waals surface area (Å²) in [4.78, 5) is 18.7. The molecule has 0 saturated heterocycles. The molecular formula is C17H19BrN2OS. The number of hydrogen-bond acceptors (Lipinski definition) is 3. The Kier molecular flexibility index (Phi) is 6.46. The lowest BCUT2D eigenvalue weighted by Gasteiger charge is -2.26. The number of nitrogens with zero attached hydrogens (tertiary/aromatic N) is 2. The van der Waals surface area contributed by atoms with E-state index in [0.717, 1.165) is 15.1 Å². The highest BCUT2D eigenvalue weighted by Gasteiger charge is 2.17. The van der Waals surface area contributed by atoms with Crippen LogP contribution in [0.3, 0.4) is 0 Å². The number of carbonyl (C=O) groups is 1. The Balaban J connectivity index is 1.96. The lowest BCUT2D eigenvalue weighted by atomic mass is 10.2. The molecule has 1 amide bonds. The second kappa shape index (κ2) is 8.34. The van der Waals surface area contributed by atoms with Crippen LogP contribution >= 0.6 is 27.7 Å². The fourth-order valence-electron chi connectivity index (χ4n) is 2.01. The molecule has 0 saturated carbocycles. The first-order valence-electron chi connectivity index (χ1n) is 7.14. The van der Waals surface area contributed by atoms with Gasteiger partial charge in [-0.15, -0.1) is 0 Å². The van der Waals surface area contributed by atoms with Crippen molar-refractivity contribution in [1.82, 2.24) is 9.88 Å². The minimum Gasteiger partial charge on any atom is -0.335 e. The quantitative estimate of drug-likeness (QED) is 0.699. The molecule has 1 aromatic heterocycles. The first kappa shape index (κ1) is 17.0.